The number of carbonyl (C=O) groups excluding carboxylic acids is 4. The number of hydrogen-bond donors (Lipinski definition) is 2. The summed E-state index contributed by atoms with van der Waals surface area (Å²) in [6.07, 6.45) is 2.98. The highest BCUT2D eigenvalue weighted by atomic mass is 28.4. The minimum absolute atomic E-state index is 0.118. The first-order chi connectivity index (χ1) is 44.4. The predicted molar refractivity (Wildman–Crippen MR) is 372 cm³/mol. The first-order valence-electron chi connectivity index (χ1n) is 31.5. The van der Waals surface area contributed by atoms with E-state index >= 15 is 0 Å². The third-order valence-corrected chi connectivity index (χ3v) is 30.7. The molecule has 496 valence electrons. The van der Waals surface area contributed by atoms with Crippen molar-refractivity contribution in [3.05, 3.63) is 190 Å². The monoisotopic (exact) mass is 1340 g/mol. The van der Waals surface area contributed by atoms with Gasteiger partial charge in [0.2, 0.25) is 0 Å². The third-order valence-electron chi connectivity index (χ3n) is 15.1. The van der Waals surface area contributed by atoms with Crippen molar-refractivity contribution in [3.8, 4) is 46.6 Å². The molecule has 0 aromatic heterocycles. The van der Waals surface area contributed by atoms with Crippen molar-refractivity contribution in [2.24, 2.45) is 23.7 Å². The molecule has 94 heavy (non-hydrogen) atoms. The lowest BCUT2D eigenvalue weighted by Gasteiger charge is -2.37. The van der Waals surface area contributed by atoms with Crippen LogP contribution in [0.3, 0.4) is 0 Å². The molecule has 2 N–H and O–H groups in total. The highest BCUT2D eigenvalue weighted by molar-refractivity contribution is 6.85. The van der Waals surface area contributed by atoms with Gasteiger partial charge in [-0.05, 0) is 253 Å². The van der Waals surface area contributed by atoms with Crippen molar-refractivity contribution in [3.63, 3.8) is 0 Å². The fraction of sp³-hybridized carbons (Fsp3) is 0.389. The second kappa shape index (κ2) is 36.0. The predicted octanol–water partition coefficient (Wildman–Crippen LogP) is 18.2. The van der Waals surface area contributed by atoms with E-state index in [4.69, 9.17) is 55.1 Å². The van der Waals surface area contributed by atoms with Crippen LogP contribution in [-0.4, -0.2) is 93.8 Å². The molecule has 22 heteroatoms. The van der Waals surface area contributed by atoms with Crippen LogP contribution in [0.1, 0.15) is 106 Å². The van der Waals surface area contributed by atoms with E-state index in [9.17, 15) is 34.7 Å². The molecule has 18 nitrogen and oxygen atoms in total. The van der Waals surface area contributed by atoms with Crippen molar-refractivity contribution >= 4 is 68.5 Å². The number of rotatable bonds is 32. The van der Waals surface area contributed by atoms with Crippen LogP contribution in [0.5, 0.6) is 34.5 Å². The largest absolute Gasteiger partial charge is 0.508 e. The maximum absolute atomic E-state index is 12.7. The summed E-state index contributed by atoms with van der Waals surface area (Å²) >= 11 is 0. The number of phenols is 2. The van der Waals surface area contributed by atoms with Crippen LogP contribution in [0.25, 0.3) is 9.69 Å². The number of carbonyl (C=O) groups is 4. The first-order valence-corrected chi connectivity index (χ1v) is 43.9. The zero-order chi connectivity index (χ0) is 69.2. The highest BCUT2D eigenvalue weighted by Crippen LogP contribution is 2.35. The number of nitrogens with zero attached hydrogens (tertiary/aromatic N) is 4. The molecule has 0 saturated heterocycles. The molecule has 0 aliphatic heterocycles. The van der Waals surface area contributed by atoms with Crippen molar-refractivity contribution in [1.82, 2.24) is 0 Å². The van der Waals surface area contributed by atoms with E-state index < -0.39 is 45.2 Å². The Morgan fingerprint density at radius 3 is 0.979 bits per heavy atom. The second-order valence-electron chi connectivity index (χ2n) is 26.3. The number of aromatic hydroxyl groups is 2. The van der Waals surface area contributed by atoms with Gasteiger partial charge in [0.1, 0.15) is 46.6 Å². The molecule has 6 rings (SSSR count). The van der Waals surface area contributed by atoms with Crippen LogP contribution in [0.4, 0.5) is 11.4 Å². The van der Waals surface area contributed by atoms with E-state index in [0.29, 0.717) is 102 Å². The Bertz CT molecular complexity index is 3430. The van der Waals surface area contributed by atoms with E-state index in [1.165, 1.54) is 42.5 Å². The van der Waals surface area contributed by atoms with Crippen molar-refractivity contribution in [1.29, 1.82) is 10.5 Å². The van der Waals surface area contributed by atoms with Gasteiger partial charge in [0.15, 0.2) is 44.6 Å². The SMILES string of the molecule is CC(CCOC(=O)c1ccc(O)cc1)C[Si](C)(C)O[Si](C)(C)CC(C)CCOC(=O)c1ccc(O)cc1.[C-]#[N+]c1ccc(Oc2ccc(C(=O)OCCC(C)C[Si](C)(C)O[Si](C)(C)CC(C)CCOC(=O)c3ccc(Oc4ccc(C#N)c(C#N)c4)cc3)cc2)cc1[N+]#[C-]. The molecule has 0 bridgehead atoms. The van der Waals surface area contributed by atoms with Crippen molar-refractivity contribution < 1.29 is 66.0 Å². The van der Waals surface area contributed by atoms with Crippen LogP contribution in [0.15, 0.2) is 133 Å². The van der Waals surface area contributed by atoms with Gasteiger partial charge >= 0.3 is 23.9 Å². The molecular weight excluding hydrogens is 1260 g/mol. The average molecular weight is 1350 g/mol. The summed E-state index contributed by atoms with van der Waals surface area (Å²) < 4.78 is 47.3. The third kappa shape index (κ3) is 26.6. The molecule has 0 aliphatic rings. The maximum Gasteiger partial charge on any atom is 0.338 e. The maximum atomic E-state index is 12.7. The Kier molecular flexibility index (Phi) is 29.0. The molecule has 0 amide bonds. The number of phenolic OH excluding ortho intramolecular Hbond substituents is 2. The van der Waals surface area contributed by atoms with E-state index in [-0.39, 0.29) is 45.9 Å². The average Bonchev–Trinajstić information content (AvgIpc) is 1.09. The Morgan fingerprint density at radius 2 is 0.681 bits per heavy atom. The molecule has 4 atom stereocenters. The topological polar surface area (TPSA) is 239 Å². The highest BCUT2D eigenvalue weighted by Gasteiger charge is 2.37. The summed E-state index contributed by atoms with van der Waals surface area (Å²) in [5.74, 6) is 1.83. The lowest BCUT2D eigenvalue weighted by Crippen LogP contribution is -2.46. The summed E-state index contributed by atoms with van der Waals surface area (Å²) in [5.41, 5.74) is 2.67. The molecule has 0 saturated carbocycles. The smallest absolute Gasteiger partial charge is 0.338 e. The van der Waals surface area contributed by atoms with Crippen LogP contribution in [-0.2, 0) is 27.2 Å². The number of hydrogen-bond acceptors (Lipinski definition) is 16. The van der Waals surface area contributed by atoms with E-state index in [2.05, 4.69) is 89.8 Å². The van der Waals surface area contributed by atoms with Crippen LogP contribution < -0.4 is 9.47 Å². The number of ether oxygens (including phenoxy) is 6. The Labute approximate surface area is 558 Å². The van der Waals surface area contributed by atoms with Crippen LogP contribution in [0.2, 0.25) is 76.6 Å². The molecule has 6 aromatic rings. The summed E-state index contributed by atoms with van der Waals surface area (Å²) in [4.78, 5) is 56.5. The summed E-state index contributed by atoms with van der Waals surface area (Å²) in [6.45, 7) is 42.4. The summed E-state index contributed by atoms with van der Waals surface area (Å²) in [5, 5.41) is 37.1. The summed E-state index contributed by atoms with van der Waals surface area (Å²) in [7, 11) is -7.93. The minimum atomic E-state index is -2.04. The number of benzene rings is 6. The quantitative estimate of drug-likeness (QED) is 0.0173. The van der Waals surface area contributed by atoms with Gasteiger partial charge in [-0.3, -0.25) is 4.85 Å². The molecule has 4 unspecified atom stereocenters. The zero-order valence-electron chi connectivity index (χ0n) is 56.1. The van der Waals surface area contributed by atoms with E-state index in [1.54, 1.807) is 91.0 Å². The number of nitriles is 2. The normalized spacial score (nSPS) is 12.7. The Hall–Kier alpha value is -8.85. The molecule has 0 heterocycles. The standard InChI is InChI=1S/C44H46N4O7Si2.C28H42O7Si2/c1-31(21-23-51-43(49)33-9-14-37(15-10-33)53-39-18-13-35(27-45)36(25-39)28-46)29-56(5,6)55-57(7,8)30-32(2)22-24-52-44(50)34-11-16-38(17-12-34)54-40-19-20-41(47-3)42(26-40)48-4;1-21(15-17-33-27(31)23-7-11-25(29)12-8-23)19-36(3,4)35-37(5,6)20-22(2)16-18-34-28(32)24-9-13-26(30)14-10-24/h9-20,25-26,31-32H,21-24,29-30H2,1-2,5-8H3;7-14,21-22,29-30H,15-20H2,1-6H3. The van der Waals surface area contributed by atoms with Gasteiger partial charge < -0.3 is 46.9 Å². The number of esters is 4. The van der Waals surface area contributed by atoms with Gasteiger partial charge in [-0.15, -0.1) is 0 Å². The fourth-order valence-corrected chi connectivity index (χ4v) is 32.3. The molecule has 0 aliphatic carbocycles. The van der Waals surface area contributed by atoms with Crippen LogP contribution >= 0.6 is 0 Å². The molecule has 0 fully saturated rings. The van der Waals surface area contributed by atoms with Gasteiger partial charge in [-0.25, -0.2) is 24.0 Å². The lowest BCUT2D eigenvalue weighted by atomic mass is 10.1. The van der Waals surface area contributed by atoms with Gasteiger partial charge in [0, 0.05) is 0 Å². The van der Waals surface area contributed by atoms with Gasteiger partial charge in [0.25, 0.3) is 0 Å². The first kappa shape index (κ1) is 75.9. The van der Waals surface area contributed by atoms with Crippen LogP contribution in [0, 0.1) is 59.5 Å². The summed E-state index contributed by atoms with van der Waals surface area (Å²) in [6, 6.07) is 42.4. The van der Waals surface area contributed by atoms with E-state index in [0.717, 1.165) is 43.4 Å². The Morgan fingerprint density at radius 1 is 0.404 bits per heavy atom. The van der Waals surface area contributed by atoms with Crippen molar-refractivity contribution in [2.75, 3.05) is 26.4 Å². The Balaban J connectivity index is 0.000000374. The van der Waals surface area contributed by atoms with Gasteiger partial charge in [0.05, 0.1) is 73.0 Å². The fourth-order valence-electron chi connectivity index (χ4n) is 11.5. The molecule has 0 radical (unpaired) electrons. The second-order valence-corrected chi connectivity index (χ2v) is 43.7. The van der Waals surface area contributed by atoms with E-state index in [1.807, 2.05) is 12.1 Å². The van der Waals surface area contributed by atoms with Crippen molar-refractivity contribution in [2.45, 2.75) is 130 Å². The zero-order valence-corrected chi connectivity index (χ0v) is 60.1. The molecule has 6 aromatic carbocycles. The van der Waals surface area contributed by atoms with Gasteiger partial charge in [-0.1, -0.05) is 33.8 Å². The molecular formula is C72H88N4O14Si4. The van der Waals surface area contributed by atoms with Gasteiger partial charge in [-0.2, -0.15) is 10.5 Å². The minimum Gasteiger partial charge on any atom is -0.508 e. The molecule has 0 spiro atoms. The lowest BCUT2D eigenvalue weighted by molar-refractivity contribution is 0.0477.